The Morgan fingerprint density at radius 2 is 1.76 bits per heavy atom. The van der Waals surface area contributed by atoms with Crippen molar-refractivity contribution in [3.63, 3.8) is 0 Å². The van der Waals surface area contributed by atoms with E-state index < -0.39 is 10.0 Å². The van der Waals surface area contributed by atoms with Crippen molar-refractivity contribution in [2.75, 3.05) is 13.1 Å². The van der Waals surface area contributed by atoms with Crippen molar-refractivity contribution >= 4 is 10.0 Å². The molecule has 2 aliphatic heterocycles. The van der Waals surface area contributed by atoms with E-state index in [9.17, 15) is 8.42 Å². The van der Waals surface area contributed by atoms with Crippen LogP contribution in [0.1, 0.15) is 30.7 Å². The summed E-state index contributed by atoms with van der Waals surface area (Å²) < 4.78 is 32.0. The van der Waals surface area contributed by atoms with E-state index in [1.54, 1.807) is 21.1 Å². The highest BCUT2D eigenvalue weighted by Gasteiger charge is 2.46. The molecule has 0 N–H and O–H groups in total. The van der Waals surface area contributed by atoms with Gasteiger partial charge in [0.2, 0.25) is 10.0 Å². The number of benzene rings is 1. The Labute approximate surface area is 171 Å². The molecule has 0 atom stereocenters. The standard InChI is InChI=1S/C21H25N5O2S/c1-16-5-3-4-6-19(16)29(27,28)25-10-7-21(8-11-25)9-12-26-18(14-22-20(21)26)17-13-23-24(2)15-17/h3-6,13-15H,7-12H2,1-2H3. The molecule has 4 heterocycles. The minimum atomic E-state index is -3.46. The minimum Gasteiger partial charge on any atom is -0.327 e. The summed E-state index contributed by atoms with van der Waals surface area (Å²) in [5.41, 5.74) is 2.94. The third kappa shape index (κ3) is 2.85. The highest BCUT2D eigenvalue weighted by atomic mass is 32.2. The van der Waals surface area contributed by atoms with Gasteiger partial charge in [-0.2, -0.15) is 9.40 Å². The molecule has 0 saturated carbocycles. The van der Waals surface area contributed by atoms with E-state index in [1.165, 1.54) is 0 Å². The number of rotatable bonds is 3. The Hall–Kier alpha value is -2.45. The summed E-state index contributed by atoms with van der Waals surface area (Å²) in [6, 6.07) is 7.22. The normalized spacial score (nSPS) is 19.0. The zero-order valence-electron chi connectivity index (χ0n) is 16.7. The van der Waals surface area contributed by atoms with Gasteiger partial charge in [0, 0.05) is 43.9 Å². The van der Waals surface area contributed by atoms with Crippen molar-refractivity contribution in [1.29, 1.82) is 0 Å². The molecule has 0 amide bonds. The number of aryl methyl sites for hydroxylation is 2. The van der Waals surface area contributed by atoms with Crippen molar-refractivity contribution in [2.45, 2.75) is 43.0 Å². The molecule has 1 spiro atoms. The Balaban J connectivity index is 1.40. The van der Waals surface area contributed by atoms with Crippen LogP contribution in [0.4, 0.5) is 0 Å². The Morgan fingerprint density at radius 3 is 2.45 bits per heavy atom. The van der Waals surface area contributed by atoms with Gasteiger partial charge in [0.15, 0.2) is 0 Å². The van der Waals surface area contributed by atoms with E-state index in [4.69, 9.17) is 4.98 Å². The van der Waals surface area contributed by atoms with Gasteiger partial charge in [-0.15, -0.1) is 0 Å². The zero-order valence-corrected chi connectivity index (χ0v) is 17.6. The van der Waals surface area contributed by atoms with Crippen LogP contribution in [-0.4, -0.2) is 45.1 Å². The van der Waals surface area contributed by atoms with E-state index in [1.807, 2.05) is 44.7 Å². The third-order valence-corrected chi connectivity index (χ3v) is 8.59. The predicted molar refractivity (Wildman–Crippen MR) is 110 cm³/mol. The summed E-state index contributed by atoms with van der Waals surface area (Å²) in [6.07, 6.45) is 8.44. The summed E-state index contributed by atoms with van der Waals surface area (Å²) in [5.74, 6) is 1.10. The van der Waals surface area contributed by atoms with E-state index in [2.05, 4.69) is 9.67 Å². The molecule has 1 aromatic carbocycles. The molecule has 2 aromatic heterocycles. The van der Waals surface area contributed by atoms with Crippen LogP contribution in [0.15, 0.2) is 47.8 Å². The fourth-order valence-corrected chi connectivity index (χ4v) is 6.53. The first-order valence-electron chi connectivity index (χ1n) is 10.0. The number of aromatic nitrogens is 4. The van der Waals surface area contributed by atoms with Crippen LogP contribution in [0.5, 0.6) is 0 Å². The molecular weight excluding hydrogens is 386 g/mol. The first-order valence-corrected chi connectivity index (χ1v) is 11.5. The van der Waals surface area contributed by atoms with Crippen LogP contribution in [0.25, 0.3) is 11.3 Å². The molecule has 152 valence electrons. The summed E-state index contributed by atoms with van der Waals surface area (Å²) in [5, 5.41) is 4.28. The Kier molecular flexibility index (Phi) is 4.18. The number of piperidine rings is 1. The van der Waals surface area contributed by atoms with Crippen molar-refractivity contribution in [3.8, 4) is 11.3 Å². The van der Waals surface area contributed by atoms with Gasteiger partial charge >= 0.3 is 0 Å². The summed E-state index contributed by atoms with van der Waals surface area (Å²) in [6.45, 7) is 3.84. The monoisotopic (exact) mass is 411 g/mol. The van der Waals surface area contributed by atoms with Crippen molar-refractivity contribution in [1.82, 2.24) is 23.6 Å². The van der Waals surface area contributed by atoms with Crippen LogP contribution < -0.4 is 0 Å². The number of sulfonamides is 1. The quantitative estimate of drug-likeness (QED) is 0.664. The van der Waals surface area contributed by atoms with Crippen LogP contribution in [0.2, 0.25) is 0 Å². The van der Waals surface area contributed by atoms with Gasteiger partial charge in [-0.05, 0) is 37.8 Å². The molecule has 0 aliphatic carbocycles. The lowest BCUT2D eigenvalue weighted by Crippen LogP contribution is -2.44. The summed E-state index contributed by atoms with van der Waals surface area (Å²) >= 11 is 0. The topological polar surface area (TPSA) is 73.0 Å². The average molecular weight is 412 g/mol. The van der Waals surface area contributed by atoms with Crippen molar-refractivity contribution in [2.24, 2.45) is 7.05 Å². The molecule has 3 aromatic rings. The molecule has 7 nitrogen and oxygen atoms in total. The Bertz CT molecular complexity index is 1170. The largest absolute Gasteiger partial charge is 0.327 e. The molecule has 0 unspecified atom stereocenters. The van der Waals surface area contributed by atoms with E-state index >= 15 is 0 Å². The van der Waals surface area contributed by atoms with Crippen molar-refractivity contribution in [3.05, 3.63) is 54.2 Å². The average Bonchev–Trinajstić information content (AvgIpc) is 3.40. The molecule has 29 heavy (non-hydrogen) atoms. The minimum absolute atomic E-state index is 0.0296. The van der Waals surface area contributed by atoms with E-state index in [-0.39, 0.29) is 5.41 Å². The second-order valence-electron chi connectivity index (χ2n) is 8.22. The van der Waals surface area contributed by atoms with Crippen LogP contribution in [-0.2, 0) is 29.0 Å². The first kappa shape index (κ1) is 18.6. The molecule has 0 radical (unpaired) electrons. The maximum Gasteiger partial charge on any atom is 0.243 e. The zero-order chi connectivity index (χ0) is 20.2. The maximum absolute atomic E-state index is 13.1. The van der Waals surface area contributed by atoms with Gasteiger partial charge in [0.05, 0.1) is 23.0 Å². The third-order valence-electron chi connectivity index (χ3n) is 6.54. The Morgan fingerprint density at radius 1 is 1.03 bits per heavy atom. The highest BCUT2D eigenvalue weighted by molar-refractivity contribution is 7.89. The SMILES string of the molecule is Cc1ccccc1S(=O)(=O)N1CCC2(CC1)CCn1c(-c3cnn(C)c3)cnc12. The van der Waals surface area contributed by atoms with Gasteiger partial charge < -0.3 is 4.57 Å². The number of imidazole rings is 1. The molecule has 1 saturated heterocycles. The molecule has 1 fully saturated rings. The molecule has 2 aliphatic rings. The summed E-state index contributed by atoms with van der Waals surface area (Å²) in [7, 11) is -1.54. The van der Waals surface area contributed by atoms with Gasteiger partial charge in [0.1, 0.15) is 5.82 Å². The van der Waals surface area contributed by atoms with Crippen molar-refractivity contribution < 1.29 is 8.42 Å². The van der Waals surface area contributed by atoms with E-state index in [0.29, 0.717) is 18.0 Å². The number of hydrogen-bond donors (Lipinski definition) is 0. The van der Waals surface area contributed by atoms with E-state index in [0.717, 1.165) is 48.5 Å². The predicted octanol–water partition coefficient (Wildman–Crippen LogP) is 2.72. The molecule has 5 rings (SSSR count). The van der Waals surface area contributed by atoms with Gasteiger partial charge in [-0.25, -0.2) is 13.4 Å². The lowest BCUT2D eigenvalue weighted by atomic mass is 9.77. The molecule has 8 heteroatoms. The fraction of sp³-hybridized carbons (Fsp3) is 0.429. The van der Waals surface area contributed by atoms with Gasteiger partial charge in [-0.1, -0.05) is 18.2 Å². The maximum atomic E-state index is 13.1. The van der Waals surface area contributed by atoms with Crippen LogP contribution in [0, 0.1) is 6.92 Å². The summed E-state index contributed by atoms with van der Waals surface area (Å²) in [4.78, 5) is 5.20. The first-order chi connectivity index (χ1) is 13.9. The number of hydrogen-bond acceptors (Lipinski definition) is 4. The molecular formula is C21H25N5O2S. The van der Waals surface area contributed by atoms with Crippen LogP contribution >= 0.6 is 0 Å². The molecule has 0 bridgehead atoms. The number of nitrogens with zero attached hydrogens (tertiary/aromatic N) is 5. The lowest BCUT2D eigenvalue weighted by molar-refractivity contribution is 0.228. The second-order valence-corrected chi connectivity index (χ2v) is 10.1. The lowest BCUT2D eigenvalue weighted by Gasteiger charge is -2.37. The highest BCUT2D eigenvalue weighted by Crippen LogP contribution is 2.45. The second kappa shape index (κ2) is 6.53. The van der Waals surface area contributed by atoms with Gasteiger partial charge in [-0.3, -0.25) is 4.68 Å². The fourth-order valence-electron chi connectivity index (χ4n) is 4.86. The van der Waals surface area contributed by atoms with Crippen LogP contribution in [0.3, 0.4) is 0 Å². The van der Waals surface area contributed by atoms with Gasteiger partial charge in [0.25, 0.3) is 0 Å². The smallest absolute Gasteiger partial charge is 0.243 e. The number of fused-ring (bicyclic) bond motifs is 2.